The van der Waals surface area contributed by atoms with Crippen LogP contribution in [-0.4, -0.2) is 39.1 Å². The summed E-state index contributed by atoms with van der Waals surface area (Å²) in [7, 11) is 1.29. The van der Waals surface area contributed by atoms with Crippen molar-refractivity contribution in [1.29, 1.82) is 0 Å². The summed E-state index contributed by atoms with van der Waals surface area (Å²) in [6.07, 6.45) is 3.06. The van der Waals surface area contributed by atoms with Gasteiger partial charge < -0.3 is 14.8 Å². The Morgan fingerprint density at radius 2 is 2.17 bits per heavy atom. The molecule has 2 rings (SSSR count). The second-order valence-corrected chi connectivity index (χ2v) is 5.66. The van der Waals surface area contributed by atoms with Gasteiger partial charge in [-0.3, -0.25) is 9.59 Å². The first-order valence-corrected chi connectivity index (χ1v) is 7.81. The lowest BCUT2D eigenvalue weighted by Crippen LogP contribution is -2.18. The number of ether oxygens (including phenoxy) is 1. The average Bonchev–Trinajstić information content (AvgIpc) is 2.99. The molecule has 0 saturated heterocycles. The van der Waals surface area contributed by atoms with Crippen LogP contribution < -0.4 is 5.56 Å². The lowest BCUT2D eigenvalue weighted by molar-refractivity contribution is -0.136. The highest BCUT2D eigenvalue weighted by Crippen LogP contribution is 2.16. The van der Waals surface area contributed by atoms with E-state index >= 15 is 0 Å². The maximum absolute atomic E-state index is 12.0. The zero-order valence-corrected chi connectivity index (χ0v) is 13.8. The van der Waals surface area contributed by atoms with Crippen LogP contribution in [0.1, 0.15) is 38.9 Å². The van der Waals surface area contributed by atoms with E-state index in [1.807, 2.05) is 0 Å². The van der Waals surface area contributed by atoms with E-state index in [1.54, 1.807) is 13.0 Å². The molecule has 0 unspecified atom stereocenters. The highest BCUT2D eigenvalue weighted by molar-refractivity contribution is 7.11. The molecule has 126 valence electrons. The summed E-state index contributed by atoms with van der Waals surface area (Å²) >= 11 is 1.15. The van der Waals surface area contributed by atoms with Crippen LogP contribution >= 0.6 is 11.3 Å². The van der Waals surface area contributed by atoms with E-state index in [1.165, 1.54) is 18.7 Å². The van der Waals surface area contributed by atoms with E-state index in [2.05, 4.69) is 19.7 Å². The van der Waals surface area contributed by atoms with Gasteiger partial charge >= 0.3 is 11.9 Å². The number of hydrogen-bond donors (Lipinski definition) is 2. The molecule has 0 aliphatic carbocycles. The summed E-state index contributed by atoms with van der Waals surface area (Å²) in [4.78, 5) is 45.5. The monoisotopic (exact) mass is 349 g/mol. The SMILES string of the molecule is COC(=O)c1scnc1C=Cc1nc(C)c(CCC(=O)O)c(=O)[nH]1. The van der Waals surface area contributed by atoms with Crippen LogP contribution in [0.5, 0.6) is 0 Å². The number of aromatic nitrogens is 3. The number of aromatic amines is 1. The fraction of sp³-hybridized carbons (Fsp3) is 0.267. The Morgan fingerprint density at radius 3 is 2.79 bits per heavy atom. The number of nitrogens with zero attached hydrogens (tertiary/aromatic N) is 2. The van der Waals surface area contributed by atoms with E-state index in [0.29, 0.717) is 27.7 Å². The van der Waals surface area contributed by atoms with Crippen LogP contribution in [-0.2, 0) is 16.0 Å². The van der Waals surface area contributed by atoms with Crippen molar-refractivity contribution in [3.63, 3.8) is 0 Å². The summed E-state index contributed by atoms with van der Waals surface area (Å²) in [6.45, 7) is 1.65. The number of aliphatic carboxylic acids is 1. The van der Waals surface area contributed by atoms with Crippen molar-refractivity contribution < 1.29 is 19.4 Å². The third-order valence-corrected chi connectivity index (χ3v) is 4.02. The molecular weight excluding hydrogens is 334 g/mol. The van der Waals surface area contributed by atoms with Crippen LogP contribution in [0.3, 0.4) is 0 Å². The summed E-state index contributed by atoms with van der Waals surface area (Å²) < 4.78 is 4.66. The highest BCUT2D eigenvalue weighted by atomic mass is 32.1. The first kappa shape index (κ1) is 17.5. The Morgan fingerprint density at radius 1 is 1.42 bits per heavy atom. The minimum absolute atomic E-state index is 0.117. The minimum atomic E-state index is -0.975. The van der Waals surface area contributed by atoms with Gasteiger partial charge in [-0.2, -0.15) is 0 Å². The largest absolute Gasteiger partial charge is 0.481 e. The molecule has 24 heavy (non-hydrogen) atoms. The van der Waals surface area contributed by atoms with E-state index in [0.717, 1.165) is 11.3 Å². The molecule has 9 heteroatoms. The maximum Gasteiger partial charge on any atom is 0.350 e. The second kappa shape index (κ2) is 7.64. The summed E-state index contributed by atoms with van der Waals surface area (Å²) in [5.41, 5.74) is 2.36. The van der Waals surface area contributed by atoms with Gasteiger partial charge in [0, 0.05) is 17.7 Å². The molecule has 2 heterocycles. The molecule has 2 N–H and O–H groups in total. The molecule has 0 amide bonds. The molecule has 0 aliphatic rings. The van der Waals surface area contributed by atoms with Gasteiger partial charge in [0.1, 0.15) is 10.7 Å². The molecule has 2 aromatic heterocycles. The molecule has 0 fully saturated rings. The van der Waals surface area contributed by atoms with Crippen LogP contribution in [0.15, 0.2) is 10.3 Å². The topological polar surface area (TPSA) is 122 Å². The Balaban J connectivity index is 2.25. The van der Waals surface area contributed by atoms with Crippen molar-refractivity contribution in [3.05, 3.63) is 43.5 Å². The van der Waals surface area contributed by atoms with E-state index < -0.39 is 11.9 Å². The normalized spacial score (nSPS) is 10.9. The number of rotatable bonds is 6. The molecule has 0 spiro atoms. The van der Waals surface area contributed by atoms with Gasteiger partial charge in [0.2, 0.25) is 0 Å². The number of aryl methyl sites for hydroxylation is 1. The highest BCUT2D eigenvalue weighted by Gasteiger charge is 2.13. The molecular formula is C15H15N3O5S. The molecule has 0 aliphatic heterocycles. The molecule has 0 saturated carbocycles. The predicted octanol–water partition coefficient (Wildman–Crippen LogP) is 1.51. The second-order valence-electron chi connectivity index (χ2n) is 4.80. The van der Waals surface area contributed by atoms with Gasteiger partial charge in [0.05, 0.1) is 18.3 Å². The number of esters is 1. The number of hydrogen-bond acceptors (Lipinski definition) is 7. The first-order chi connectivity index (χ1) is 11.4. The molecule has 8 nitrogen and oxygen atoms in total. The van der Waals surface area contributed by atoms with Crippen LogP contribution in [0.2, 0.25) is 0 Å². The number of thiazole rings is 1. The van der Waals surface area contributed by atoms with Crippen molar-refractivity contribution in [2.75, 3.05) is 7.11 Å². The Labute approximate surface area is 140 Å². The lowest BCUT2D eigenvalue weighted by atomic mass is 10.1. The molecule has 2 aromatic rings. The summed E-state index contributed by atoms with van der Waals surface area (Å²) in [5.74, 6) is -1.17. The Bertz CT molecular complexity index is 853. The standard InChI is InChI=1S/C15H15N3O5S/c1-8-9(3-6-12(19)20)14(21)18-11(17-8)5-4-10-13(15(22)23-2)24-7-16-10/h4-5,7H,3,6H2,1-2H3,(H,19,20)(H,17,18,21). The van der Waals surface area contributed by atoms with Crippen LogP contribution in [0.4, 0.5) is 0 Å². The fourth-order valence-electron chi connectivity index (χ4n) is 2.01. The van der Waals surface area contributed by atoms with E-state index in [9.17, 15) is 14.4 Å². The summed E-state index contributed by atoms with van der Waals surface area (Å²) in [6, 6.07) is 0. The average molecular weight is 349 g/mol. The predicted molar refractivity (Wildman–Crippen MR) is 87.9 cm³/mol. The third kappa shape index (κ3) is 4.13. The zero-order valence-electron chi connectivity index (χ0n) is 13.0. The third-order valence-electron chi connectivity index (χ3n) is 3.19. The number of methoxy groups -OCH3 is 1. The molecule has 0 atom stereocenters. The van der Waals surface area contributed by atoms with Gasteiger partial charge in [0.25, 0.3) is 5.56 Å². The number of carbonyl (C=O) groups excluding carboxylic acids is 1. The van der Waals surface area contributed by atoms with Crippen molar-refractivity contribution in [1.82, 2.24) is 15.0 Å². The molecule has 0 bridgehead atoms. The number of nitrogens with one attached hydrogen (secondary N) is 1. The van der Waals surface area contributed by atoms with Crippen molar-refractivity contribution in [3.8, 4) is 0 Å². The summed E-state index contributed by atoms with van der Waals surface area (Å²) in [5, 5.41) is 8.70. The van der Waals surface area contributed by atoms with Gasteiger partial charge in [0.15, 0.2) is 0 Å². The maximum atomic E-state index is 12.0. The van der Waals surface area contributed by atoms with E-state index in [-0.39, 0.29) is 18.4 Å². The number of carboxylic acids is 1. The Hall–Kier alpha value is -2.81. The van der Waals surface area contributed by atoms with Crippen molar-refractivity contribution in [2.24, 2.45) is 0 Å². The molecule has 0 aromatic carbocycles. The number of carbonyl (C=O) groups is 2. The van der Waals surface area contributed by atoms with Crippen LogP contribution in [0, 0.1) is 6.92 Å². The fourth-order valence-corrected chi connectivity index (χ4v) is 2.71. The van der Waals surface area contributed by atoms with Crippen molar-refractivity contribution in [2.45, 2.75) is 19.8 Å². The zero-order chi connectivity index (χ0) is 17.7. The molecule has 0 radical (unpaired) electrons. The number of H-pyrrole nitrogens is 1. The van der Waals surface area contributed by atoms with Gasteiger partial charge in [-0.1, -0.05) is 0 Å². The quantitative estimate of drug-likeness (QED) is 0.758. The number of carboxylic acid groups (broad SMARTS) is 1. The van der Waals surface area contributed by atoms with Crippen LogP contribution in [0.25, 0.3) is 12.2 Å². The van der Waals surface area contributed by atoms with Gasteiger partial charge in [-0.25, -0.2) is 14.8 Å². The van der Waals surface area contributed by atoms with Gasteiger partial charge in [-0.05, 0) is 25.5 Å². The van der Waals surface area contributed by atoms with Gasteiger partial charge in [-0.15, -0.1) is 11.3 Å². The first-order valence-electron chi connectivity index (χ1n) is 6.93. The van der Waals surface area contributed by atoms with E-state index in [4.69, 9.17) is 5.11 Å². The smallest absolute Gasteiger partial charge is 0.350 e. The lowest BCUT2D eigenvalue weighted by Gasteiger charge is -2.03. The Kier molecular flexibility index (Phi) is 5.59. The van der Waals surface area contributed by atoms with Crippen molar-refractivity contribution >= 4 is 35.4 Å². The minimum Gasteiger partial charge on any atom is -0.481 e.